The van der Waals surface area contributed by atoms with Crippen molar-refractivity contribution < 1.29 is 4.79 Å². The lowest BCUT2D eigenvalue weighted by atomic mass is 10.1. The van der Waals surface area contributed by atoms with Crippen LogP contribution in [0.25, 0.3) is 0 Å². The summed E-state index contributed by atoms with van der Waals surface area (Å²) in [5.41, 5.74) is 3.81. The van der Waals surface area contributed by atoms with Gasteiger partial charge in [0.05, 0.1) is 6.20 Å². The number of likely N-dealkylation sites (N-methyl/N-ethyl adjacent to an activating group) is 1. The quantitative estimate of drug-likeness (QED) is 0.516. The molecule has 4 rings (SSSR count). The van der Waals surface area contributed by atoms with E-state index >= 15 is 0 Å². The second-order valence-corrected chi connectivity index (χ2v) is 9.50. The number of hydrogen-bond acceptors (Lipinski definition) is 8. The maximum atomic E-state index is 12.2. The highest BCUT2D eigenvalue weighted by Crippen LogP contribution is 2.27. The molecule has 0 unspecified atom stereocenters. The molecule has 1 aromatic carbocycles. The van der Waals surface area contributed by atoms with Crippen molar-refractivity contribution in [3.05, 3.63) is 35.5 Å². The highest BCUT2D eigenvalue weighted by molar-refractivity contribution is 5.74. The average Bonchev–Trinajstić information content (AvgIpc) is 2.90. The van der Waals surface area contributed by atoms with Gasteiger partial charge in [-0.25, -0.2) is 9.78 Å². The zero-order chi connectivity index (χ0) is 25.5. The number of carbonyl (C=O) groups excluding carboxylic acids is 1. The van der Waals surface area contributed by atoms with E-state index in [2.05, 4.69) is 68.6 Å². The number of piperazine rings is 1. The number of urea groups is 1. The van der Waals surface area contributed by atoms with E-state index in [-0.39, 0.29) is 6.03 Å². The summed E-state index contributed by atoms with van der Waals surface area (Å²) < 4.78 is 0. The Balaban J connectivity index is 1.38. The number of nitriles is 1. The lowest BCUT2D eigenvalue weighted by molar-refractivity contribution is 0.141. The van der Waals surface area contributed by atoms with Gasteiger partial charge in [0.1, 0.15) is 17.5 Å². The molecule has 0 aliphatic carbocycles. The fourth-order valence-electron chi connectivity index (χ4n) is 4.65. The van der Waals surface area contributed by atoms with Crippen molar-refractivity contribution in [3.63, 3.8) is 0 Å². The normalized spacial score (nSPS) is 16.7. The topological polar surface area (TPSA) is 104 Å². The molecule has 2 aliphatic rings. The Bertz CT molecular complexity index is 1090. The Morgan fingerprint density at radius 2 is 1.92 bits per heavy atom. The number of anilines is 4. The molecule has 2 amide bonds. The van der Waals surface area contributed by atoms with Gasteiger partial charge in [0, 0.05) is 70.8 Å². The smallest absolute Gasteiger partial charge is 0.319 e. The molecular formula is C26H37N9O. The number of amides is 2. The number of nitrogens with one attached hydrogen (secondary N) is 2. The molecule has 10 heteroatoms. The largest absolute Gasteiger partial charge is 0.369 e. The average molecular weight is 492 g/mol. The van der Waals surface area contributed by atoms with Gasteiger partial charge in [0.25, 0.3) is 0 Å². The number of carbonyl (C=O) groups is 1. The summed E-state index contributed by atoms with van der Waals surface area (Å²) in [5.74, 6) is 0.954. The van der Waals surface area contributed by atoms with Crippen molar-refractivity contribution in [1.82, 2.24) is 24.7 Å². The third-order valence-corrected chi connectivity index (χ3v) is 6.91. The van der Waals surface area contributed by atoms with Crippen LogP contribution in [0.3, 0.4) is 0 Å². The molecule has 2 saturated heterocycles. The van der Waals surface area contributed by atoms with E-state index in [0.29, 0.717) is 30.4 Å². The highest BCUT2D eigenvalue weighted by atomic mass is 16.2. The molecule has 3 heterocycles. The van der Waals surface area contributed by atoms with Crippen molar-refractivity contribution in [3.8, 4) is 6.07 Å². The van der Waals surface area contributed by atoms with Crippen molar-refractivity contribution in [2.75, 3.05) is 82.0 Å². The number of hydrogen-bond donors (Lipinski definition) is 2. The third-order valence-electron chi connectivity index (χ3n) is 6.91. The van der Waals surface area contributed by atoms with Gasteiger partial charge in [0.15, 0.2) is 0 Å². The van der Waals surface area contributed by atoms with Crippen molar-refractivity contribution >= 4 is 29.2 Å². The maximum Gasteiger partial charge on any atom is 0.319 e. The maximum absolute atomic E-state index is 12.2. The second-order valence-electron chi connectivity index (χ2n) is 9.50. The summed E-state index contributed by atoms with van der Waals surface area (Å²) in [6.45, 7) is 9.24. The van der Waals surface area contributed by atoms with Gasteiger partial charge in [-0.2, -0.15) is 10.2 Å². The molecule has 0 atom stereocenters. The van der Waals surface area contributed by atoms with Crippen molar-refractivity contribution in [2.24, 2.45) is 0 Å². The second kappa shape index (κ2) is 11.9. The molecule has 0 spiro atoms. The Morgan fingerprint density at radius 1 is 1.11 bits per heavy atom. The van der Waals surface area contributed by atoms with Gasteiger partial charge >= 0.3 is 6.03 Å². The Labute approximate surface area is 213 Å². The van der Waals surface area contributed by atoms with Crippen LogP contribution in [0, 0.1) is 11.3 Å². The minimum Gasteiger partial charge on any atom is -0.369 e. The third kappa shape index (κ3) is 6.15. The van der Waals surface area contributed by atoms with Gasteiger partial charge in [-0.3, -0.25) is 0 Å². The molecule has 2 fully saturated rings. The minimum absolute atomic E-state index is 0.0813. The molecule has 0 saturated carbocycles. The van der Waals surface area contributed by atoms with Gasteiger partial charge in [0.2, 0.25) is 5.95 Å². The summed E-state index contributed by atoms with van der Waals surface area (Å²) in [6.07, 6.45) is 4.19. The Morgan fingerprint density at radius 3 is 2.67 bits per heavy atom. The van der Waals surface area contributed by atoms with Crippen LogP contribution in [0.5, 0.6) is 0 Å². The van der Waals surface area contributed by atoms with Gasteiger partial charge < -0.3 is 30.2 Å². The molecule has 1 aromatic heterocycles. The molecule has 2 aliphatic heterocycles. The minimum atomic E-state index is 0.0813. The molecule has 192 valence electrons. The van der Waals surface area contributed by atoms with Crippen LogP contribution in [0.4, 0.5) is 27.9 Å². The van der Waals surface area contributed by atoms with Gasteiger partial charge in [-0.15, -0.1) is 0 Å². The summed E-state index contributed by atoms with van der Waals surface area (Å²) >= 11 is 0. The number of aryl methyl sites for hydroxylation is 1. The summed E-state index contributed by atoms with van der Waals surface area (Å²) in [4.78, 5) is 29.6. The first-order chi connectivity index (χ1) is 17.5. The molecule has 2 aromatic rings. The monoisotopic (exact) mass is 491 g/mol. The predicted molar refractivity (Wildman–Crippen MR) is 143 cm³/mol. The SMILES string of the molecule is CCc1cc(N2CCN(C)CC2)ccc1Nc1ncc(C#N)c(NCCCN2CCCN(C)C2=O)n1. The number of rotatable bonds is 9. The van der Waals surface area contributed by atoms with Crippen LogP contribution in [0.1, 0.15) is 30.9 Å². The van der Waals surface area contributed by atoms with Gasteiger partial charge in [-0.1, -0.05) is 6.92 Å². The number of aromatic nitrogens is 2. The van der Waals surface area contributed by atoms with E-state index in [1.807, 2.05) is 11.9 Å². The van der Waals surface area contributed by atoms with Gasteiger partial charge in [-0.05, 0) is 50.1 Å². The van der Waals surface area contributed by atoms with Crippen LogP contribution < -0.4 is 15.5 Å². The Kier molecular flexibility index (Phi) is 8.44. The van der Waals surface area contributed by atoms with Crippen molar-refractivity contribution in [1.29, 1.82) is 5.26 Å². The molecule has 0 bridgehead atoms. The lowest BCUT2D eigenvalue weighted by Crippen LogP contribution is -2.47. The molecule has 0 radical (unpaired) electrons. The molecule has 10 nitrogen and oxygen atoms in total. The first kappa shape index (κ1) is 25.5. The fourth-order valence-corrected chi connectivity index (χ4v) is 4.65. The van der Waals surface area contributed by atoms with Crippen LogP contribution in [0.2, 0.25) is 0 Å². The molecule has 2 N–H and O–H groups in total. The summed E-state index contributed by atoms with van der Waals surface area (Å²) in [6, 6.07) is 8.73. The first-order valence-corrected chi connectivity index (χ1v) is 12.8. The van der Waals surface area contributed by atoms with E-state index < -0.39 is 0 Å². The zero-order valence-electron chi connectivity index (χ0n) is 21.6. The highest BCUT2D eigenvalue weighted by Gasteiger charge is 2.22. The lowest BCUT2D eigenvalue weighted by Gasteiger charge is -2.34. The zero-order valence-corrected chi connectivity index (χ0v) is 21.6. The fraction of sp³-hybridized carbons (Fsp3) is 0.538. The van der Waals surface area contributed by atoms with E-state index in [9.17, 15) is 10.1 Å². The first-order valence-electron chi connectivity index (χ1n) is 12.8. The van der Waals surface area contributed by atoms with E-state index in [1.54, 1.807) is 11.1 Å². The van der Waals surface area contributed by atoms with Crippen LogP contribution in [-0.2, 0) is 6.42 Å². The van der Waals surface area contributed by atoms with E-state index in [0.717, 1.165) is 64.2 Å². The van der Waals surface area contributed by atoms with Crippen LogP contribution >= 0.6 is 0 Å². The number of benzene rings is 1. The molecular weight excluding hydrogens is 454 g/mol. The van der Waals surface area contributed by atoms with Crippen LogP contribution in [-0.4, -0.2) is 97.2 Å². The number of nitrogens with zero attached hydrogens (tertiary/aromatic N) is 7. The predicted octanol–water partition coefficient (Wildman–Crippen LogP) is 2.97. The van der Waals surface area contributed by atoms with E-state index in [4.69, 9.17) is 0 Å². The summed E-state index contributed by atoms with van der Waals surface area (Å²) in [7, 11) is 4.00. The molecule has 36 heavy (non-hydrogen) atoms. The Hall–Kier alpha value is -3.58. The standard InChI is InChI=1S/C26H37N9O/c1-4-20-17-22(34-15-13-32(2)14-16-34)7-8-23(20)30-25-29-19-21(18-27)24(31-25)28-9-5-11-35-12-6-10-33(3)26(35)36/h7-8,17,19H,4-6,9-16H2,1-3H3,(H2,28,29,30,31). The summed E-state index contributed by atoms with van der Waals surface area (Å²) in [5, 5.41) is 16.1. The van der Waals surface area contributed by atoms with Crippen LogP contribution in [0.15, 0.2) is 24.4 Å². The van der Waals surface area contributed by atoms with Crippen molar-refractivity contribution in [2.45, 2.75) is 26.2 Å². The van der Waals surface area contributed by atoms with E-state index in [1.165, 1.54) is 11.3 Å².